The van der Waals surface area contributed by atoms with Crippen LogP contribution in [0.15, 0.2) is 169 Å². The first-order valence-corrected chi connectivity index (χ1v) is 33.9. The lowest BCUT2D eigenvalue weighted by Crippen LogP contribution is -2.49. The van der Waals surface area contributed by atoms with Gasteiger partial charge < -0.3 is 71.2 Å². The minimum absolute atomic E-state index is 0.0346. The fourth-order valence-electron chi connectivity index (χ4n) is 13.2. The minimum Gasteiger partial charge on any atom is -0.497 e. The molecule has 3 aliphatic rings. The number of para-hydroxylation sites is 1. The van der Waals surface area contributed by atoms with Gasteiger partial charge >= 0.3 is 0 Å². The molecule has 3 aliphatic heterocycles. The molecule has 3 saturated heterocycles. The van der Waals surface area contributed by atoms with Crippen LogP contribution in [0.4, 0.5) is 17.1 Å². The van der Waals surface area contributed by atoms with Crippen molar-refractivity contribution in [2.75, 3.05) is 149 Å². The molecule has 0 radical (unpaired) electrons. The first kappa shape index (κ1) is 71.7. The Bertz CT molecular complexity index is 4820. The molecule has 3 fully saturated rings. The van der Waals surface area contributed by atoms with Crippen LogP contribution in [-0.4, -0.2) is 190 Å². The number of anilines is 3. The van der Waals surface area contributed by atoms with Crippen LogP contribution >= 0.6 is 11.6 Å². The standard InChI is InChI=1S/C27H31N5O3.C26H28ClN5O3.C24H20N4O4/c1-19-5-10-24-22(17-19)25(23(18-28)27(34)32(24)16-11-29(2)3)30-12-14-31(15-13-30)26(33)20-6-8-21(35-4)9-7-20;1-29(2)10-15-32-23-9-6-19(27)16-21(23)24(22(17-28)26(32)34)30-11-13-31(14-12-30)25(33)18-4-7-20(35-3)8-5-18;25-14-19-22(26-8-10-27(11-9-26)24(30)21-6-3-12-32-21)18-4-1-2-5-20(18)28(23(19)29)15-17-7-13-31-16-17/h5-10,17H,11-16H2,1-4H3;4-9,16H,10-15H2,1-3H3;1-7,12-13,16H,8-11,15H2. The lowest BCUT2D eigenvalue weighted by atomic mass is 10.0. The predicted molar refractivity (Wildman–Crippen MR) is 392 cm³/mol. The number of nitrogens with zero attached hydrogens (tertiary/aromatic N) is 14. The summed E-state index contributed by atoms with van der Waals surface area (Å²) >= 11 is 6.34. The predicted octanol–water partition coefficient (Wildman–Crippen LogP) is 8.84. The number of furan rings is 2. The Labute approximate surface area is 594 Å². The number of aryl methyl sites for hydroxylation is 1. The number of methoxy groups -OCH3 is 2. The number of carbonyl (C=O) groups is 3. The topological polar surface area (TPSA) is 259 Å². The van der Waals surface area contributed by atoms with E-state index in [0.29, 0.717) is 162 Å². The van der Waals surface area contributed by atoms with Gasteiger partial charge in [-0.05, 0) is 138 Å². The number of hydrogen-bond donors (Lipinski definition) is 0. The molecule has 524 valence electrons. The molecule has 25 heteroatoms. The summed E-state index contributed by atoms with van der Waals surface area (Å²) in [4.78, 5) is 94.2. The first-order valence-electron chi connectivity index (χ1n) is 33.5. The van der Waals surface area contributed by atoms with E-state index in [1.165, 1.54) is 6.26 Å². The van der Waals surface area contributed by atoms with Crippen molar-refractivity contribution in [2.24, 2.45) is 0 Å². The highest BCUT2D eigenvalue weighted by atomic mass is 35.5. The molecule has 5 aromatic carbocycles. The monoisotopic (exact) mass is 1390 g/mol. The second-order valence-corrected chi connectivity index (χ2v) is 26.0. The summed E-state index contributed by atoms with van der Waals surface area (Å²) in [6.45, 7) is 10.6. The summed E-state index contributed by atoms with van der Waals surface area (Å²) in [5.41, 5.74) is 6.80. The van der Waals surface area contributed by atoms with Crippen LogP contribution in [0.1, 0.15) is 59.1 Å². The summed E-state index contributed by atoms with van der Waals surface area (Å²) in [5, 5.41) is 33.0. The van der Waals surface area contributed by atoms with Gasteiger partial charge in [0.15, 0.2) is 5.76 Å². The third-order valence-electron chi connectivity index (χ3n) is 18.6. The van der Waals surface area contributed by atoms with Crippen LogP contribution in [0.2, 0.25) is 5.02 Å². The Morgan fingerprint density at radius 3 is 1.35 bits per heavy atom. The number of halogens is 1. The number of rotatable bonds is 16. The molecule has 5 aromatic heterocycles. The third kappa shape index (κ3) is 15.4. The Morgan fingerprint density at radius 2 is 0.922 bits per heavy atom. The van der Waals surface area contributed by atoms with E-state index in [-0.39, 0.29) is 51.1 Å². The average molecular weight is 1400 g/mol. The van der Waals surface area contributed by atoms with E-state index >= 15 is 0 Å². The highest BCUT2D eigenvalue weighted by Crippen LogP contribution is 2.35. The van der Waals surface area contributed by atoms with Gasteiger partial charge in [-0.2, -0.15) is 15.8 Å². The highest BCUT2D eigenvalue weighted by Gasteiger charge is 2.32. The van der Waals surface area contributed by atoms with Gasteiger partial charge in [0.25, 0.3) is 34.4 Å². The van der Waals surface area contributed by atoms with Crippen molar-refractivity contribution in [3.63, 3.8) is 0 Å². The number of fused-ring (bicyclic) bond motifs is 3. The third-order valence-corrected chi connectivity index (χ3v) is 18.8. The number of piperazine rings is 3. The van der Waals surface area contributed by atoms with Crippen molar-refractivity contribution < 1.29 is 32.7 Å². The summed E-state index contributed by atoms with van der Waals surface area (Å²) in [6.07, 6.45) is 4.63. The molecule has 0 unspecified atom stereocenters. The molecule has 0 aliphatic carbocycles. The Morgan fingerprint density at radius 1 is 0.490 bits per heavy atom. The number of benzene rings is 5. The number of nitriles is 3. The Hall–Kier alpha value is -11.6. The average Bonchev–Trinajstić information content (AvgIpc) is 0.830. The quantitative estimate of drug-likeness (QED) is 0.0874. The molecular formula is C77H79ClN14O10. The van der Waals surface area contributed by atoms with Gasteiger partial charge in [0.1, 0.15) is 46.4 Å². The maximum atomic E-state index is 13.4. The summed E-state index contributed by atoms with van der Waals surface area (Å²) in [5.74, 6) is 1.46. The Kier molecular flexibility index (Phi) is 22.6. The zero-order valence-corrected chi connectivity index (χ0v) is 58.9. The first-order chi connectivity index (χ1) is 49.3. The van der Waals surface area contributed by atoms with E-state index in [9.17, 15) is 44.6 Å². The maximum absolute atomic E-state index is 13.4. The molecular weight excluding hydrogens is 1320 g/mol. The van der Waals surface area contributed by atoms with Gasteiger partial charge in [-0.15, -0.1) is 0 Å². The molecule has 0 atom stereocenters. The van der Waals surface area contributed by atoms with Crippen molar-refractivity contribution in [2.45, 2.75) is 26.6 Å². The van der Waals surface area contributed by atoms with E-state index in [4.69, 9.17) is 29.9 Å². The van der Waals surface area contributed by atoms with Crippen molar-refractivity contribution in [1.82, 2.24) is 38.2 Å². The SMILES string of the molecule is COc1ccc(C(=O)N2CCN(c3c(C#N)c(=O)n(CCN(C)C)c4ccc(C)cc34)CC2)cc1.COc1ccc(C(=O)N2CCN(c3c(C#N)c(=O)n(CCN(C)C)c4ccc(Cl)cc34)CC2)cc1.N#Cc1c(N2CCN(C(=O)c3ccco3)CC2)c2ccccc2n(Cc2ccoc2)c1=O. The number of ether oxygens (including phenoxy) is 2. The number of pyridine rings is 3. The lowest BCUT2D eigenvalue weighted by molar-refractivity contribution is 0.0712. The zero-order valence-electron chi connectivity index (χ0n) is 58.1. The van der Waals surface area contributed by atoms with Crippen LogP contribution in [-0.2, 0) is 19.6 Å². The van der Waals surface area contributed by atoms with E-state index in [1.54, 1.807) is 123 Å². The maximum Gasteiger partial charge on any atom is 0.289 e. The van der Waals surface area contributed by atoms with Crippen molar-refractivity contribution in [3.05, 3.63) is 227 Å². The van der Waals surface area contributed by atoms with Gasteiger partial charge in [0.05, 0.1) is 73.2 Å². The van der Waals surface area contributed by atoms with Crippen LogP contribution in [0, 0.1) is 40.9 Å². The van der Waals surface area contributed by atoms with E-state index in [2.05, 4.69) is 23.1 Å². The van der Waals surface area contributed by atoms with Gasteiger partial charge in [0.2, 0.25) is 0 Å². The summed E-state index contributed by atoms with van der Waals surface area (Å²) < 4.78 is 25.7. The normalized spacial score (nSPS) is 13.9. The minimum atomic E-state index is -0.337. The van der Waals surface area contributed by atoms with E-state index in [1.807, 2.05) is 114 Å². The van der Waals surface area contributed by atoms with Crippen molar-refractivity contribution >= 4 is 79.1 Å². The number of hydrogen-bond acceptors (Lipinski definition) is 18. The summed E-state index contributed by atoms with van der Waals surface area (Å²) in [7, 11) is 11.0. The van der Waals surface area contributed by atoms with E-state index < -0.39 is 0 Å². The molecule has 0 spiro atoms. The Balaban J connectivity index is 0.000000154. The van der Waals surface area contributed by atoms with Gasteiger partial charge in [-0.3, -0.25) is 28.8 Å². The van der Waals surface area contributed by atoms with Gasteiger partial charge in [-0.25, -0.2) is 0 Å². The van der Waals surface area contributed by atoms with Gasteiger partial charge in [-0.1, -0.05) is 41.4 Å². The van der Waals surface area contributed by atoms with Crippen LogP contribution in [0.25, 0.3) is 32.7 Å². The molecule has 0 saturated carbocycles. The van der Waals surface area contributed by atoms with Gasteiger partial charge in [0, 0.05) is 143 Å². The largest absolute Gasteiger partial charge is 0.497 e. The second kappa shape index (κ2) is 32.1. The highest BCUT2D eigenvalue weighted by molar-refractivity contribution is 6.31. The fraction of sp³-hybridized carbons (Fsp3) is 0.312. The van der Waals surface area contributed by atoms with Crippen LogP contribution in [0.5, 0.6) is 11.5 Å². The number of aromatic nitrogens is 3. The van der Waals surface area contributed by atoms with Crippen LogP contribution in [0.3, 0.4) is 0 Å². The van der Waals surface area contributed by atoms with Crippen LogP contribution < -0.4 is 40.9 Å². The molecule has 3 amide bonds. The number of amides is 3. The summed E-state index contributed by atoms with van der Waals surface area (Å²) in [6, 6.07) is 44.8. The zero-order chi connectivity index (χ0) is 72.3. The van der Waals surface area contributed by atoms with Crippen molar-refractivity contribution in [1.29, 1.82) is 15.8 Å². The number of carbonyl (C=O) groups excluding carboxylic acids is 3. The molecule has 102 heavy (non-hydrogen) atoms. The molecule has 0 bridgehead atoms. The number of likely N-dealkylation sites (N-methyl/N-ethyl adjacent to an activating group) is 2. The smallest absolute Gasteiger partial charge is 0.289 e. The lowest BCUT2D eigenvalue weighted by Gasteiger charge is -2.37. The molecule has 24 nitrogen and oxygen atoms in total. The van der Waals surface area contributed by atoms with Crippen molar-refractivity contribution in [3.8, 4) is 29.7 Å². The molecule has 8 heterocycles. The molecule has 0 N–H and O–H groups in total. The molecule has 13 rings (SSSR count). The second-order valence-electron chi connectivity index (χ2n) is 25.5. The molecule has 10 aromatic rings. The van der Waals surface area contributed by atoms with E-state index in [0.717, 1.165) is 43.8 Å². The fourth-order valence-corrected chi connectivity index (χ4v) is 13.4.